The lowest BCUT2D eigenvalue weighted by molar-refractivity contribution is 0.112. The number of nitrogens with zero attached hydrogens (tertiary/aromatic N) is 3. The molecule has 1 aromatic heterocycles. The van der Waals surface area contributed by atoms with E-state index in [1.54, 1.807) is 0 Å². The molecule has 0 N–H and O–H groups in total. The summed E-state index contributed by atoms with van der Waals surface area (Å²) in [5.74, 6) is 0. The van der Waals surface area contributed by atoms with Crippen LogP contribution in [0.15, 0.2) is 30.3 Å². The number of anilines is 1. The van der Waals surface area contributed by atoms with Crippen LogP contribution in [0.25, 0.3) is 0 Å². The molecule has 0 saturated carbocycles. The van der Waals surface area contributed by atoms with Gasteiger partial charge in [-0.3, -0.25) is 9.69 Å². The molecular formula is C16H19N3OS. The van der Waals surface area contributed by atoms with Gasteiger partial charge in [-0.25, -0.2) is 4.98 Å². The highest BCUT2D eigenvalue weighted by atomic mass is 32.1. The van der Waals surface area contributed by atoms with Gasteiger partial charge in [0.1, 0.15) is 0 Å². The fraction of sp³-hybridized carbons (Fsp3) is 0.375. The molecule has 1 aromatic carbocycles. The van der Waals surface area contributed by atoms with E-state index in [1.165, 1.54) is 16.9 Å². The molecule has 21 heavy (non-hydrogen) atoms. The lowest BCUT2D eigenvalue weighted by Crippen LogP contribution is -2.45. The Hall–Kier alpha value is -1.72. The summed E-state index contributed by atoms with van der Waals surface area (Å²) < 4.78 is 0. The second-order valence-electron chi connectivity index (χ2n) is 5.31. The number of aromatic nitrogens is 1. The molecule has 0 aliphatic carbocycles. The number of hydrogen-bond acceptors (Lipinski definition) is 5. The van der Waals surface area contributed by atoms with Crippen LogP contribution in [0.5, 0.6) is 0 Å². The number of carbonyl (C=O) groups is 1. The number of hydrogen-bond donors (Lipinski definition) is 0. The number of aryl methyl sites for hydroxylation is 1. The van der Waals surface area contributed by atoms with Gasteiger partial charge in [-0.1, -0.05) is 41.7 Å². The van der Waals surface area contributed by atoms with Gasteiger partial charge in [0.15, 0.2) is 11.4 Å². The van der Waals surface area contributed by atoms with E-state index in [2.05, 4.69) is 45.1 Å². The molecule has 0 atom stereocenters. The first-order valence-corrected chi connectivity index (χ1v) is 8.02. The highest BCUT2D eigenvalue weighted by Crippen LogP contribution is 2.25. The maximum Gasteiger partial charge on any atom is 0.186 e. The van der Waals surface area contributed by atoms with Crippen LogP contribution in [-0.2, 0) is 6.54 Å². The van der Waals surface area contributed by atoms with Crippen LogP contribution >= 0.6 is 11.3 Å². The molecule has 1 saturated heterocycles. The number of piperazine rings is 1. The molecule has 4 nitrogen and oxygen atoms in total. The zero-order valence-electron chi connectivity index (χ0n) is 12.2. The van der Waals surface area contributed by atoms with Crippen molar-refractivity contribution in [3.8, 4) is 0 Å². The van der Waals surface area contributed by atoms with Gasteiger partial charge in [0.25, 0.3) is 0 Å². The average Bonchev–Trinajstić information content (AvgIpc) is 2.90. The summed E-state index contributed by atoms with van der Waals surface area (Å²) in [5, 5.41) is 0.981. The number of aldehydes is 1. The summed E-state index contributed by atoms with van der Waals surface area (Å²) in [4.78, 5) is 20.9. The van der Waals surface area contributed by atoms with Crippen LogP contribution in [0.1, 0.15) is 20.9 Å². The molecule has 0 radical (unpaired) electrons. The zero-order chi connectivity index (χ0) is 14.7. The Kier molecular flexibility index (Phi) is 4.31. The van der Waals surface area contributed by atoms with Crippen molar-refractivity contribution in [2.45, 2.75) is 13.5 Å². The third-order valence-electron chi connectivity index (χ3n) is 3.82. The molecule has 3 rings (SSSR count). The molecule has 0 bridgehead atoms. The lowest BCUT2D eigenvalue weighted by atomic mass is 10.2. The van der Waals surface area contributed by atoms with Crippen LogP contribution in [0.3, 0.4) is 0 Å². The first-order chi connectivity index (χ1) is 10.3. The van der Waals surface area contributed by atoms with Crippen LogP contribution in [0.4, 0.5) is 5.13 Å². The Morgan fingerprint density at radius 1 is 1.19 bits per heavy atom. The van der Waals surface area contributed by atoms with E-state index in [1.807, 2.05) is 6.92 Å². The molecule has 2 aromatic rings. The summed E-state index contributed by atoms with van der Waals surface area (Å²) in [5.41, 5.74) is 2.20. The normalized spacial score (nSPS) is 16.1. The summed E-state index contributed by atoms with van der Waals surface area (Å²) in [6, 6.07) is 10.6. The van der Waals surface area contributed by atoms with E-state index in [0.717, 1.165) is 54.7 Å². The quantitative estimate of drug-likeness (QED) is 0.813. The molecule has 0 unspecified atom stereocenters. The largest absolute Gasteiger partial charge is 0.346 e. The topological polar surface area (TPSA) is 36.4 Å². The molecule has 5 heteroatoms. The van der Waals surface area contributed by atoms with Gasteiger partial charge in [-0.15, -0.1) is 0 Å². The van der Waals surface area contributed by atoms with Crippen molar-refractivity contribution in [2.75, 3.05) is 31.1 Å². The Labute approximate surface area is 129 Å². The summed E-state index contributed by atoms with van der Waals surface area (Å²) in [7, 11) is 0. The minimum absolute atomic E-state index is 0.747. The highest BCUT2D eigenvalue weighted by molar-refractivity contribution is 7.17. The van der Waals surface area contributed by atoms with Gasteiger partial charge < -0.3 is 4.90 Å². The van der Waals surface area contributed by atoms with Crippen molar-refractivity contribution < 1.29 is 4.79 Å². The van der Waals surface area contributed by atoms with E-state index in [9.17, 15) is 4.79 Å². The van der Waals surface area contributed by atoms with Gasteiger partial charge in [-0.2, -0.15) is 0 Å². The van der Waals surface area contributed by atoms with Crippen molar-refractivity contribution in [3.63, 3.8) is 0 Å². The standard InChI is InChI=1S/C16H19N3OS/c1-13-15(12-20)21-16(17-13)19-9-7-18(8-10-19)11-14-5-3-2-4-6-14/h2-6,12H,7-11H2,1H3. The van der Waals surface area contributed by atoms with Gasteiger partial charge >= 0.3 is 0 Å². The smallest absolute Gasteiger partial charge is 0.186 e. The summed E-state index contributed by atoms with van der Waals surface area (Å²) in [6.45, 7) is 6.91. The second kappa shape index (κ2) is 6.37. The Bertz CT molecular complexity index is 603. The van der Waals surface area contributed by atoms with Crippen molar-refractivity contribution in [1.29, 1.82) is 0 Å². The predicted molar refractivity (Wildman–Crippen MR) is 86.2 cm³/mol. The number of benzene rings is 1. The van der Waals surface area contributed by atoms with Gasteiger partial charge in [0.05, 0.1) is 10.6 Å². The van der Waals surface area contributed by atoms with E-state index >= 15 is 0 Å². The van der Waals surface area contributed by atoms with E-state index < -0.39 is 0 Å². The summed E-state index contributed by atoms with van der Waals surface area (Å²) >= 11 is 1.50. The summed E-state index contributed by atoms with van der Waals surface area (Å²) in [6.07, 6.45) is 0.905. The van der Waals surface area contributed by atoms with Crippen LogP contribution in [-0.4, -0.2) is 42.3 Å². The monoisotopic (exact) mass is 301 g/mol. The van der Waals surface area contributed by atoms with Gasteiger partial charge in [0.2, 0.25) is 0 Å². The minimum Gasteiger partial charge on any atom is -0.346 e. The molecular weight excluding hydrogens is 282 g/mol. The molecule has 2 heterocycles. The molecule has 0 spiro atoms. The van der Waals surface area contributed by atoms with Crippen LogP contribution in [0.2, 0.25) is 0 Å². The maximum atomic E-state index is 10.9. The molecule has 0 amide bonds. The first-order valence-electron chi connectivity index (χ1n) is 7.20. The van der Waals surface area contributed by atoms with Crippen molar-refractivity contribution in [3.05, 3.63) is 46.5 Å². The fourth-order valence-corrected chi connectivity index (χ4v) is 3.51. The Balaban J connectivity index is 1.58. The third-order valence-corrected chi connectivity index (χ3v) is 4.96. The molecule has 1 fully saturated rings. The van der Waals surface area contributed by atoms with Crippen molar-refractivity contribution in [1.82, 2.24) is 9.88 Å². The maximum absolute atomic E-state index is 10.9. The minimum atomic E-state index is 0.747. The molecule has 110 valence electrons. The highest BCUT2D eigenvalue weighted by Gasteiger charge is 2.20. The van der Waals surface area contributed by atoms with Gasteiger partial charge in [0, 0.05) is 32.7 Å². The van der Waals surface area contributed by atoms with Crippen LogP contribution < -0.4 is 4.90 Å². The third kappa shape index (κ3) is 3.31. The van der Waals surface area contributed by atoms with Crippen molar-refractivity contribution in [2.24, 2.45) is 0 Å². The van der Waals surface area contributed by atoms with Crippen LogP contribution in [0, 0.1) is 6.92 Å². The van der Waals surface area contributed by atoms with E-state index in [0.29, 0.717) is 0 Å². The number of rotatable bonds is 4. The molecule has 1 aliphatic rings. The lowest BCUT2D eigenvalue weighted by Gasteiger charge is -2.34. The number of thiazole rings is 1. The number of carbonyl (C=O) groups excluding carboxylic acids is 1. The Morgan fingerprint density at radius 2 is 1.90 bits per heavy atom. The Morgan fingerprint density at radius 3 is 2.52 bits per heavy atom. The first kappa shape index (κ1) is 14.2. The average molecular weight is 301 g/mol. The molecule has 1 aliphatic heterocycles. The zero-order valence-corrected chi connectivity index (χ0v) is 13.0. The van der Waals surface area contributed by atoms with Gasteiger partial charge in [-0.05, 0) is 12.5 Å². The fourth-order valence-electron chi connectivity index (χ4n) is 2.58. The second-order valence-corrected chi connectivity index (χ2v) is 6.32. The van der Waals surface area contributed by atoms with Crippen molar-refractivity contribution >= 4 is 22.8 Å². The predicted octanol–water partition coefficient (Wildman–Crippen LogP) is 2.59. The van der Waals surface area contributed by atoms with E-state index in [-0.39, 0.29) is 0 Å². The SMILES string of the molecule is Cc1nc(N2CCN(Cc3ccccc3)CC2)sc1C=O. The van der Waals surface area contributed by atoms with E-state index in [4.69, 9.17) is 0 Å².